The first-order valence-corrected chi connectivity index (χ1v) is 8.50. The maximum absolute atomic E-state index is 5.76. The van der Waals surface area contributed by atoms with Gasteiger partial charge in [0.2, 0.25) is 0 Å². The van der Waals surface area contributed by atoms with Crippen molar-refractivity contribution in [2.45, 2.75) is 46.3 Å². The van der Waals surface area contributed by atoms with Crippen molar-refractivity contribution in [3.05, 3.63) is 33.8 Å². The molecule has 0 unspecified atom stereocenters. The van der Waals surface area contributed by atoms with Gasteiger partial charge in [-0.3, -0.25) is 0 Å². The highest BCUT2D eigenvalue weighted by Gasteiger charge is 2.20. The summed E-state index contributed by atoms with van der Waals surface area (Å²) in [6.07, 6.45) is 4.05. The van der Waals surface area contributed by atoms with Crippen molar-refractivity contribution >= 4 is 15.9 Å². The minimum Gasteiger partial charge on any atom is -0.377 e. The predicted molar refractivity (Wildman–Crippen MR) is 87.7 cm³/mol. The largest absolute Gasteiger partial charge is 0.377 e. The predicted octanol–water partition coefficient (Wildman–Crippen LogP) is 4.51. The van der Waals surface area contributed by atoms with Gasteiger partial charge in [-0.2, -0.15) is 0 Å². The van der Waals surface area contributed by atoms with Crippen molar-refractivity contribution in [2.24, 2.45) is 11.8 Å². The zero-order chi connectivity index (χ0) is 14.4. The number of rotatable bonds is 9. The normalized spacial score (nSPS) is 15.0. The monoisotopic (exact) mass is 339 g/mol. The van der Waals surface area contributed by atoms with E-state index in [0.29, 0.717) is 12.5 Å². The van der Waals surface area contributed by atoms with Gasteiger partial charge in [0.05, 0.1) is 6.61 Å². The smallest absolute Gasteiger partial charge is 0.0727 e. The molecule has 112 valence electrons. The van der Waals surface area contributed by atoms with Gasteiger partial charge >= 0.3 is 0 Å². The lowest BCUT2D eigenvalue weighted by atomic mass is 10.1. The molecule has 1 saturated carbocycles. The molecule has 1 aromatic carbocycles. The van der Waals surface area contributed by atoms with E-state index in [0.717, 1.165) is 30.1 Å². The molecule has 0 spiro atoms. The van der Waals surface area contributed by atoms with Gasteiger partial charge in [-0.05, 0) is 42.0 Å². The van der Waals surface area contributed by atoms with Crippen LogP contribution in [-0.2, 0) is 17.9 Å². The fraction of sp³-hybridized carbons (Fsp3) is 0.647. The van der Waals surface area contributed by atoms with Gasteiger partial charge in [0, 0.05) is 17.6 Å². The number of halogens is 1. The number of ether oxygens (including phenoxy) is 1. The Morgan fingerprint density at radius 2 is 2.15 bits per heavy atom. The summed E-state index contributed by atoms with van der Waals surface area (Å²) in [5.74, 6) is 1.64. The van der Waals surface area contributed by atoms with E-state index >= 15 is 0 Å². The first kappa shape index (κ1) is 16.0. The van der Waals surface area contributed by atoms with Gasteiger partial charge in [0.15, 0.2) is 0 Å². The molecule has 0 heterocycles. The molecule has 1 aromatic rings. The standard InChI is InChI=1S/C17H26BrNO/c1-13(2)10-19-11-15-5-6-16(17(18)9-15)12-20-8-7-14-3-4-14/h5-6,9,13-14,19H,3-4,7-8,10-12H2,1-2H3. The first-order chi connectivity index (χ1) is 9.65. The summed E-state index contributed by atoms with van der Waals surface area (Å²) in [6.45, 7) is 8.06. The molecule has 0 bridgehead atoms. The number of hydrogen-bond acceptors (Lipinski definition) is 2. The fourth-order valence-electron chi connectivity index (χ4n) is 2.16. The van der Waals surface area contributed by atoms with Crippen LogP contribution in [0.15, 0.2) is 22.7 Å². The SMILES string of the molecule is CC(C)CNCc1ccc(COCCC2CC2)c(Br)c1. The third kappa shape index (κ3) is 5.94. The Hall–Kier alpha value is -0.380. The zero-order valence-corrected chi connectivity index (χ0v) is 14.2. The van der Waals surface area contributed by atoms with Crippen molar-refractivity contribution in [2.75, 3.05) is 13.2 Å². The third-order valence-corrected chi connectivity index (χ3v) is 4.36. The molecule has 1 N–H and O–H groups in total. The number of benzene rings is 1. The van der Waals surface area contributed by atoms with E-state index in [1.165, 1.54) is 30.4 Å². The van der Waals surface area contributed by atoms with Crippen molar-refractivity contribution in [3.63, 3.8) is 0 Å². The Morgan fingerprint density at radius 3 is 2.80 bits per heavy atom. The summed E-state index contributed by atoms with van der Waals surface area (Å²) in [6, 6.07) is 6.57. The second-order valence-corrected chi connectivity index (χ2v) is 7.09. The van der Waals surface area contributed by atoms with Gasteiger partial charge in [-0.1, -0.05) is 54.8 Å². The van der Waals surface area contributed by atoms with E-state index in [-0.39, 0.29) is 0 Å². The topological polar surface area (TPSA) is 21.3 Å². The molecule has 0 saturated heterocycles. The van der Waals surface area contributed by atoms with E-state index in [9.17, 15) is 0 Å². The lowest BCUT2D eigenvalue weighted by Gasteiger charge is -2.10. The first-order valence-electron chi connectivity index (χ1n) is 7.71. The summed E-state index contributed by atoms with van der Waals surface area (Å²) < 4.78 is 6.92. The van der Waals surface area contributed by atoms with E-state index in [1.807, 2.05) is 0 Å². The average molecular weight is 340 g/mol. The van der Waals surface area contributed by atoms with Gasteiger partial charge in [-0.15, -0.1) is 0 Å². The molecule has 20 heavy (non-hydrogen) atoms. The molecule has 1 aliphatic rings. The molecule has 1 fully saturated rings. The van der Waals surface area contributed by atoms with Gasteiger partial charge in [0.25, 0.3) is 0 Å². The van der Waals surface area contributed by atoms with Crippen LogP contribution in [0.25, 0.3) is 0 Å². The van der Waals surface area contributed by atoms with Gasteiger partial charge in [-0.25, -0.2) is 0 Å². The second-order valence-electron chi connectivity index (χ2n) is 6.24. The molecule has 2 nitrogen and oxygen atoms in total. The van der Waals surface area contributed by atoms with Crippen LogP contribution in [0, 0.1) is 11.8 Å². The maximum atomic E-state index is 5.76. The quantitative estimate of drug-likeness (QED) is 0.668. The summed E-state index contributed by atoms with van der Waals surface area (Å²) in [5.41, 5.74) is 2.56. The lowest BCUT2D eigenvalue weighted by Crippen LogP contribution is -2.18. The molecule has 0 aromatic heterocycles. The van der Waals surface area contributed by atoms with Crippen LogP contribution >= 0.6 is 15.9 Å². The molecular formula is C17H26BrNO. The van der Waals surface area contributed by atoms with E-state index < -0.39 is 0 Å². The van der Waals surface area contributed by atoms with Crippen LogP contribution in [0.5, 0.6) is 0 Å². The Kier molecular flexibility index (Phi) is 6.53. The summed E-state index contributed by atoms with van der Waals surface area (Å²) in [7, 11) is 0. The molecule has 0 aliphatic heterocycles. The molecule has 2 rings (SSSR count). The van der Waals surface area contributed by atoms with Gasteiger partial charge < -0.3 is 10.1 Å². The fourth-order valence-corrected chi connectivity index (χ4v) is 2.70. The molecule has 0 amide bonds. The van der Waals surface area contributed by atoms with Crippen LogP contribution in [0.2, 0.25) is 0 Å². The highest BCUT2D eigenvalue weighted by Crippen LogP contribution is 2.32. The average Bonchev–Trinajstić information content (AvgIpc) is 3.20. The second kappa shape index (κ2) is 8.16. The molecule has 0 atom stereocenters. The number of nitrogens with one attached hydrogen (secondary N) is 1. The highest BCUT2D eigenvalue weighted by atomic mass is 79.9. The van der Waals surface area contributed by atoms with Crippen LogP contribution in [0.1, 0.15) is 44.2 Å². The summed E-state index contributed by atoms with van der Waals surface area (Å²) in [5, 5.41) is 3.47. The minimum absolute atomic E-state index is 0.692. The Balaban J connectivity index is 1.72. The van der Waals surface area contributed by atoms with Crippen molar-refractivity contribution in [3.8, 4) is 0 Å². The van der Waals surface area contributed by atoms with Crippen LogP contribution in [0.4, 0.5) is 0 Å². The van der Waals surface area contributed by atoms with Crippen molar-refractivity contribution in [1.82, 2.24) is 5.32 Å². The maximum Gasteiger partial charge on any atom is 0.0727 e. The van der Waals surface area contributed by atoms with Crippen molar-refractivity contribution in [1.29, 1.82) is 0 Å². The highest BCUT2D eigenvalue weighted by molar-refractivity contribution is 9.10. The Labute approximate surface area is 131 Å². The molecule has 0 radical (unpaired) electrons. The van der Waals surface area contributed by atoms with E-state index in [4.69, 9.17) is 4.74 Å². The Morgan fingerprint density at radius 1 is 1.35 bits per heavy atom. The van der Waals surface area contributed by atoms with Crippen molar-refractivity contribution < 1.29 is 4.74 Å². The molecular weight excluding hydrogens is 314 g/mol. The van der Waals surface area contributed by atoms with Crippen LogP contribution in [-0.4, -0.2) is 13.2 Å². The summed E-state index contributed by atoms with van der Waals surface area (Å²) in [4.78, 5) is 0. The lowest BCUT2D eigenvalue weighted by molar-refractivity contribution is 0.114. The zero-order valence-electron chi connectivity index (χ0n) is 12.6. The minimum atomic E-state index is 0.692. The summed E-state index contributed by atoms with van der Waals surface area (Å²) >= 11 is 3.65. The number of hydrogen-bond donors (Lipinski definition) is 1. The van der Waals surface area contributed by atoms with E-state index in [1.54, 1.807) is 0 Å². The van der Waals surface area contributed by atoms with Gasteiger partial charge in [0.1, 0.15) is 0 Å². The van der Waals surface area contributed by atoms with E-state index in [2.05, 4.69) is 53.3 Å². The molecule has 3 heteroatoms. The van der Waals surface area contributed by atoms with Crippen LogP contribution in [0.3, 0.4) is 0 Å². The molecule has 1 aliphatic carbocycles. The van der Waals surface area contributed by atoms with Crippen LogP contribution < -0.4 is 5.32 Å². The third-order valence-electron chi connectivity index (χ3n) is 3.62. The Bertz CT molecular complexity index is 415.